The van der Waals surface area contributed by atoms with E-state index in [0.717, 1.165) is 26.7 Å². The molecule has 0 aliphatic heterocycles. The highest BCUT2D eigenvalue weighted by atomic mass is 32.2. The monoisotopic (exact) mass is 471 g/mol. The Labute approximate surface area is 194 Å². The van der Waals surface area contributed by atoms with Gasteiger partial charge in [-0.15, -0.1) is 23.5 Å². The van der Waals surface area contributed by atoms with E-state index in [4.69, 9.17) is 0 Å². The van der Waals surface area contributed by atoms with Crippen molar-refractivity contribution in [3.8, 4) is 0 Å². The molecule has 0 spiro atoms. The highest BCUT2D eigenvalue weighted by molar-refractivity contribution is 7.99. The number of carbonyl (C=O) groups is 1. The van der Waals surface area contributed by atoms with Gasteiger partial charge >= 0.3 is 6.03 Å². The summed E-state index contributed by atoms with van der Waals surface area (Å²) in [5.41, 5.74) is 2.79. The fraction of sp³-hybridized carbons (Fsp3) is 0.250. The normalized spacial score (nSPS) is 16.5. The van der Waals surface area contributed by atoms with Gasteiger partial charge in [-0.05, 0) is 67.3 Å². The summed E-state index contributed by atoms with van der Waals surface area (Å²) >= 11 is 3.02. The zero-order chi connectivity index (χ0) is 22.9. The number of benzene rings is 2. The lowest BCUT2D eigenvalue weighted by Gasteiger charge is -2.20. The van der Waals surface area contributed by atoms with Crippen LogP contribution in [0.4, 0.5) is 19.3 Å². The predicted molar refractivity (Wildman–Crippen MR) is 127 cm³/mol. The Kier molecular flexibility index (Phi) is 6.44. The Balaban J connectivity index is 1.60. The van der Waals surface area contributed by atoms with Gasteiger partial charge in [0.05, 0.1) is 5.69 Å². The lowest BCUT2D eigenvalue weighted by Crippen LogP contribution is -2.35. The van der Waals surface area contributed by atoms with Crippen molar-refractivity contribution in [1.29, 1.82) is 0 Å². The van der Waals surface area contributed by atoms with E-state index in [-0.39, 0.29) is 23.7 Å². The molecule has 4 nitrogen and oxygen atoms in total. The van der Waals surface area contributed by atoms with E-state index in [1.807, 2.05) is 25.5 Å². The average molecular weight is 472 g/mol. The molecule has 2 aromatic carbocycles. The zero-order valence-corrected chi connectivity index (χ0v) is 19.5. The molecular formula is C24H23F2N3OS2. The number of hydrogen-bond acceptors (Lipinski definition) is 4. The van der Waals surface area contributed by atoms with Crippen LogP contribution in [0.25, 0.3) is 0 Å². The minimum Gasteiger partial charge on any atom is -0.334 e. The summed E-state index contributed by atoms with van der Waals surface area (Å²) in [5, 5.41) is 6.77. The van der Waals surface area contributed by atoms with E-state index in [0.29, 0.717) is 12.1 Å². The summed E-state index contributed by atoms with van der Waals surface area (Å²) in [6.07, 6.45) is 4.51. The zero-order valence-electron chi connectivity index (χ0n) is 17.9. The van der Waals surface area contributed by atoms with Gasteiger partial charge in [0.15, 0.2) is 0 Å². The van der Waals surface area contributed by atoms with Crippen LogP contribution in [-0.2, 0) is 5.41 Å². The number of hydrogen-bond donors (Lipinski definition) is 2. The molecule has 2 N–H and O–H groups in total. The Hall–Kier alpha value is -2.58. The number of halogens is 2. The lowest BCUT2D eigenvalue weighted by molar-refractivity contribution is 0.251. The second-order valence-corrected chi connectivity index (χ2v) is 9.33. The molecule has 0 bridgehead atoms. The number of rotatable bonds is 6. The quantitative estimate of drug-likeness (QED) is 0.434. The Bertz CT molecular complexity index is 1070. The second kappa shape index (κ2) is 9.11. The van der Waals surface area contributed by atoms with Gasteiger partial charge in [0.1, 0.15) is 16.7 Å². The predicted octanol–water partition coefficient (Wildman–Crippen LogP) is 5.99. The van der Waals surface area contributed by atoms with Crippen LogP contribution >= 0.6 is 23.5 Å². The van der Waals surface area contributed by atoms with E-state index in [9.17, 15) is 13.6 Å². The molecule has 3 aromatic rings. The van der Waals surface area contributed by atoms with Crippen molar-refractivity contribution in [1.82, 2.24) is 10.3 Å². The number of anilines is 1. The number of nitrogens with zero attached hydrogens (tertiary/aromatic N) is 1. The largest absolute Gasteiger partial charge is 0.334 e. The van der Waals surface area contributed by atoms with Crippen molar-refractivity contribution in [2.75, 3.05) is 17.8 Å². The van der Waals surface area contributed by atoms with Gasteiger partial charge in [-0.1, -0.05) is 24.3 Å². The fourth-order valence-corrected chi connectivity index (χ4v) is 5.39. The van der Waals surface area contributed by atoms with E-state index in [1.165, 1.54) is 36.0 Å². The molecule has 8 heteroatoms. The molecule has 1 heterocycles. The average Bonchev–Trinajstić information content (AvgIpc) is 3.49. The molecule has 1 aliphatic carbocycles. The maximum absolute atomic E-state index is 13.5. The van der Waals surface area contributed by atoms with Gasteiger partial charge in [-0.25, -0.2) is 18.6 Å². The van der Waals surface area contributed by atoms with Crippen LogP contribution in [0.5, 0.6) is 0 Å². The molecule has 2 amide bonds. The smallest absolute Gasteiger partial charge is 0.319 e. The molecular weight excluding hydrogens is 448 g/mol. The van der Waals surface area contributed by atoms with Gasteiger partial charge in [-0.3, -0.25) is 0 Å². The third kappa shape index (κ3) is 4.34. The topological polar surface area (TPSA) is 54.0 Å². The molecule has 1 aromatic heterocycles. The van der Waals surface area contributed by atoms with Crippen molar-refractivity contribution in [3.05, 3.63) is 83.1 Å². The third-order valence-electron chi connectivity index (χ3n) is 5.71. The molecule has 0 saturated heterocycles. The molecule has 1 aliphatic rings. The molecule has 1 saturated carbocycles. The van der Waals surface area contributed by atoms with Crippen LogP contribution < -0.4 is 10.6 Å². The molecule has 4 rings (SSSR count). The van der Waals surface area contributed by atoms with E-state index < -0.39 is 5.41 Å². The minimum atomic E-state index is -0.533. The van der Waals surface area contributed by atoms with Crippen molar-refractivity contribution < 1.29 is 13.6 Å². The summed E-state index contributed by atoms with van der Waals surface area (Å²) in [7, 11) is 0. The van der Waals surface area contributed by atoms with Gasteiger partial charge in [0.2, 0.25) is 0 Å². The first-order valence-electron chi connectivity index (χ1n) is 10.1. The van der Waals surface area contributed by atoms with Gasteiger partial charge in [0.25, 0.3) is 0 Å². The van der Waals surface area contributed by atoms with E-state index in [1.54, 1.807) is 36.0 Å². The van der Waals surface area contributed by atoms with Crippen LogP contribution in [0, 0.1) is 18.6 Å². The summed E-state index contributed by atoms with van der Waals surface area (Å²) in [6.45, 7) is 1.92. The summed E-state index contributed by atoms with van der Waals surface area (Å²) in [6, 6.07) is 13.9. The summed E-state index contributed by atoms with van der Waals surface area (Å²) < 4.78 is 27.1. The molecule has 166 valence electrons. The first-order chi connectivity index (χ1) is 15.4. The highest BCUT2D eigenvalue weighted by Gasteiger charge is 2.57. The Morgan fingerprint density at radius 2 is 1.56 bits per heavy atom. The number of amides is 2. The van der Waals surface area contributed by atoms with E-state index >= 15 is 0 Å². The summed E-state index contributed by atoms with van der Waals surface area (Å²) in [5.74, 6) is -0.654. The van der Waals surface area contributed by atoms with Gasteiger partial charge in [0, 0.05) is 22.0 Å². The van der Waals surface area contributed by atoms with Crippen molar-refractivity contribution in [2.24, 2.45) is 0 Å². The number of aryl methyl sites for hydroxylation is 1. The van der Waals surface area contributed by atoms with Crippen LogP contribution in [0.1, 0.15) is 23.2 Å². The summed E-state index contributed by atoms with van der Waals surface area (Å²) in [4.78, 5) is 18.4. The van der Waals surface area contributed by atoms with Crippen LogP contribution in [0.15, 0.2) is 64.5 Å². The van der Waals surface area contributed by atoms with Crippen molar-refractivity contribution in [3.63, 3.8) is 0 Å². The third-order valence-corrected chi connectivity index (χ3v) is 7.16. The van der Waals surface area contributed by atoms with Crippen LogP contribution in [-0.4, -0.2) is 29.6 Å². The Morgan fingerprint density at radius 1 is 1.00 bits per heavy atom. The number of carbonyl (C=O) groups excluding carboxylic acids is 1. The fourth-order valence-electron chi connectivity index (χ4n) is 4.08. The van der Waals surface area contributed by atoms with Crippen LogP contribution in [0.2, 0.25) is 0 Å². The number of pyridine rings is 1. The number of thioether (sulfide) groups is 2. The number of aromatic nitrogens is 1. The van der Waals surface area contributed by atoms with Gasteiger partial charge in [-0.2, -0.15) is 0 Å². The standard InChI is InChI=1S/C24H23F2N3OS2/c1-14-12-19(31-2)21(22(27-14)32-3)29-23(30)28-20-13-24(20,15-4-8-17(25)9-5-15)16-6-10-18(26)11-7-16/h4-12,20H,13H2,1-3H3,(H2,28,29,30). The SMILES string of the molecule is CSc1cc(C)nc(SC)c1NC(=O)NC1CC1(c1ccc(F)cc1)c1ccc(F)cc1. The van der Waals surface area contributed by atoms with Crippen LogP contribution in [0.3, 0.4) is 0 Å². The molecule has 1 unspecified atom stereocenters. The molecule has 1 fully saturated rings. The first kappa shape index (κ1) is 22.6. The highest BCUT2D eigenvalue weighted by Crippen LogP contribution is 2.53. The lowest BCUT2D eigenvalue weighted by atomic mass is 9.87. The molecule has 1 atom stereocenters. The maximum Gasteiger partial charge on any atom is 0.319 e. The molecule has 32 heavy (non-hydrogen) atoms. The number of urea groups is 1. The first-order valence-corrected chi connectivity index (χ1v) is 12.5. The van der Waals surface area contributed by atoms with E-state index in [2.05, 4.69) is 15.6 Å². The van der Waals surface area contributed by atoms with Crippen molar-refractivity contribution in [2.45, 2.75) is 34.7 Å². The second-order valence-electron chi connectivity index (χ2n) is 7.69. The Morgan fingerprint density at radius 3 is 2.06 bits per heavy atom. The molecule has 0 radical (unpaired) electrons. The van der Waals surface area contributed by atoms with Crippen molar-refractivity contribution >= 4 is 35.2 Å². The minimum absolute atomic E-state index is 0.215. The van der Waals surface area contributed by atoms with Gasteiger partial charge < -0.3 is 10.6 Å². The number of nitrogens with one attached hydrogen (secondary N) is 2. The maximum atomic E-state index is 13.5.